The first-order valence-corrected chi connectivity index (χ1v) is 9.00. The van der Waals surface area contributed by atoms with E-state index in [-0.39, 0.29) is 23.8 Å². The summed E-state index contributed by atoms with van der Waals surface area (Å²) in [6.07, 6.45) is 0. The van der Waals surface area contributed by atoms with Gasteiger partial charge < -0.3 is 15.0 Å². The summed E-state index contributed by atoms with van der Waals surface area (Å²) in [6.45, 7) is 6.41. The summed E-state index contributed by atoms with van der Waals surface area (Å²) in [4.78, 5) is 30.8. The Morgan fingerprint density at radius 1 is 1.40 bits per heavy atom. The normalized spacial score (nSPS) is 10.9. The third kappa shape index (κ3) is 5.44. The van der Waals surface area contributed by atoms with Crippen LogP contribution in [0.15, 0.2) is 34.2 Å². The number of aromatic nitrogens is 2. The van der Waals surface area contributed by atoms with E-state index in [1.54, 1.807) is 0 Å². The van der Waals surface area contributed by atoms with Crippen molar-refractivity contribution in [3.05, 3.63) is 51.4 Å². The van der Waals surface area contributed by atoms with Crippen LogP contribution in [-0.2, 0) is 16.1 Å². The van der Waals surface area contributed by atoms with E-state index in [2.05, 4.69) is 29.1 Å². The quantitative estimate of drug-likeness (QED) is 0.585. The molecule has 0 saturated heterocycles. The van der Waals surface area contributed by atoms with E-state index in [9.17, 15) is 9.59 Å². The van der Waals surface area contributed by atoms with E-state index in [1.807, 2.05) is 25.1 Å². The van der Waals surface area contributed by atoms with Gasteiger partial charge >= 0.3 is 0 Å². The maximum atomic E-state index is 12.3. The van der Waals surface area contributed by atoms with Gasteiger partial charge in [0.2, 0.25) is 5.91 Å². The molecule has 1 aromatic carbocycles. The van der Waals surface area contributed by atoms with Gasteiger partial charge in [0.05, 0.1) is 18.1 Å². The van der Waals surface area contributed by atoms with Gasteiger partial charge in [-0.25, -0.2) is 4.98 Å². The van der Waals surface area contributed by atoms with Gasteiger partial charge in [-0.05, 0) is 24.0 Å². The molecule has 134 valence electrons. The lowest BCUT2D eigenvalue weighted by Crippen LogP contribution is -2.18. The van der Waals surface area contributed by atoms with Gasteiger partial charge in [0, 0.05) is 18.9 Å². The van der Waals surface area contributed by atoms with Crippen LogP contribution < -0.4 is 10.9 Å². The summed E-state index contributed by atoms with van der Waals surface area (Å²) < 4.78 is 4.99. The van der Waals surface area contributed by atoms with Gasteiger partial charge in [0.25, 0.3) is 5.56 Å². The molecule has 0 bridgehead atoms. The maximum Gasteiger partial charge on any atom is 0.251 e. The molecule has 0 spiro atoms. The molecule has 0 saturated carbocycles. The van der Waals surface area contributed by atoms with Crippen molar-refractivity contribution in [3.63, 3.8) is 0 Å². The first-order chi connectivity index (χ1) is 11.9. The number of hydrogen-bond donors (Lipinski definition) is 2. The summed E-state index contributed by atoms with van der Waals surface area (Å²) in [5.41, 5.74) is 3.27. The van der Waals surface area contributed by atoms with Crippen LogP contribution in [0.4, 0.5) is 5.69 Å². The largest absolute Gasteiger partial charge is 0.378 e. The predicted octanol–water partition coefficient (Wildman–Crippen LogP) is 3.08. The number of thioether (sulfide) groups is 1. The van der Waals surface area contributed by atoms with Gasteiger partial charge in [-0.2, -0.15) is 0 Å². The van der Waals surface area contributed by atoms with Crippen LogP contribution in [0.3, 0.4) is 0 Å². The number of nitrogens with one attached hydrogen (secondary N) is 2. The van der Waals surface area contributed by atoms with Crippen LogP contribution >= 0.6 is 11.8 Å². The molecule has 0 aliphatic heterocycles. The SMILES string of the molecule is COCc1cc(=O)[nH]c(SCC(=O)Nc2c(C)cccc2C(C)C)n1. The molecule has 1 amide bonds. The molecule has 25 heavy (non-hydrogen) atoms. The third-order valence-corrected chi connectivity index (χ3v) is 4.47. The van der Waals surface area contributed by atoms with Crippen molar-refractivity contribution < 1.29 is 9.53 Å². The zero-order valence-electron chi connectivity index (χ0n) is 14.9. The van der Waals surface area contributed by atoms with Crippen LogP contribution in [0, 0.1) is 6.92 Å². The van der Waals surface area contributed by atoms with Gasteiger partial charge in [-0.3, -0.25) is 9.59 Å². The Hall–Kier alpha value is -2.12. The number of para-hydroxylation sites is 1. The number of rotatable bonds is 7. The van der Waals surface area contributed by atoms with Crippen LogP contribution in [0.2, 0.25) is 0 Å². The number of amides is 1. The molecule has 1 aromatic heterocycles. The number of carbonyl (C=O) groups excluding carboxylic acids is 1. The Morgan fingerprint density at radius 2 is 2.16 bits per heavy atom. The molecule has 2 rings (SSSR count). The first kappa shape index (κ1) is 19.2. The van der Waals surface area contributed by atoms with Crippen LogP contribution in [-0.4, -0.2) is 28.7 Å². The molecule has 1 heterocycles. The molecule has 6 nitrogen and oxygen atoms in total. The summed E-state index contributed by atoms with van der Waals surface area (Å²) in [7, 11) is 1.54. The fraction of sp³-hybridized carbons (Fsp3) is 0.389. The zero-order chi connectivity index (χ0) is 18.4. The number of H-pyrrole nitrogens is 1. The number of carbonyl (C=O) groups is 1. The highest BCUT2D eigenvalue weighted by Crippen LogP contribution is 2.27. The van der Waals surface area contributed by atoms with Gasteiger partial charge in [-0.1, -0.05) is 43.8 Å². The molecule has 2 N–H and O–H groups in total. The van der Waals surface area contributed by atoms with Crippen LogP contribution in [0.1, 0.15) is 36.6 Å². The third-order valence-electron chi connectivity index (χ3n) is 3.60. The minimum atomic E-state index is -0.258. The lowest BCUT2D eigenvalue weighted by atomic mass is 9.98. The second-order valence-electron chi connectivity index (χ2n) is 6.01. The fourth-order valence-electron chi connectivity index (χ4n) is 2.43. The molecule has 0 aliphatic carbocycles. The number of ether oxygens (including phenoxy) is 1. The number of anilines is 1. The average Bonchev–Trinajstić information content (AvgIpc) is 2.54. The number of hydrogen-bond acceptors (Lipinski definition) is 5. The predicted molar refractivity (Wildman–Crippen MR) is 100 cm³/mol. The lowest BCUT2D eigenvalue weighted by molar-refractivity contribution is -0.113. The monoisotopic (exact) mass is 361 g/mol. The summed E-state index contributed by atoms with van der Waals surface area (Å²) in [6, 6.07) is 7.37. The molecule has 2 aromatic rings. The van der Waals surface area contributed by atoms with Crippen molar-refractivity contribution in [2.24, 2.45) is 0 Å². The number of nitrogens with zero attached hydrogens (tertiary/aromatic N) is 1. The highest BCUT2D eigenvalue weighted by atomic mass is 32.2. The molecular weight excluding hydrogens is 338 g/mol. The molecule has 0 unspecified atom stereocenters. The first-order valence-electron chi connectivity index (χ1n) is 8.02. The van der Waals surface area contributed by atoms with Crippen molar-refractivity contribution in [3.8, 4) is 0 Å². The minimum Gasteiger partial charge on any atom is -0.378 e. The number of benzene rings is 1. The van der Waals surface area contributed by atoms with Crippen molar-refractivity contribution in [2.75, 3.05) is 18.2 Å². The van der Waals surface area contributed by atoms with Gasteiger partial charge in [0.1, 0.15) is 0 Å². The minimum absolute atomic E-state index is 0.138. The van der Waals surface area contributed by atoms with E-state index in [4.69, 9.17) is 4.74 Å². The summed E-state index contributed by atoms with van der Waals surface area (Å²) in [5, 5.41) is 3.39. The van der Waals surface area contributed by atoms with Crippen molar-refractivity contribution in [1.82, 2.24) is 9.97 Å². The molecule has 7 heteroatoms. The van der Waals surface area contributed by atoms with Crippen molar-refractivity contribution in [2.45, 2.75) is 38.5 Å². The topological polar surface area (TPSA) is 84.1 Å². The standard InChI is InChI=1S/C18H23N3O3S/c1-11(2)14-7-5-6-12(3)17(14)20-16(23)10-25-18-19-13(9-24-4)8-15(22)21-18/h5-8,11H,9-10H2,1-4H3,(H,20,23)(H,19,21,22). The number of aryl methyl sites for hydroxylation is 1. The Morgan fingerprint density at radius 3 is 2.84 bits per heavy atom. The molecule has 0 radical (unpaired) electrons. The lowest BCUT2D eigenvalue weighted by Gasteiger charge is -2.16. The van der Waals surface area contributed by atoms with E-state index < -0.39 is 0 Å². The van der Waals surface area contributed by atoms with E-state index in [0.29, 0.717) is 16.8 Å². The molecule has 0 atom stereocenters. The smallest absolute Gasteiger partial charge is 0.251 e. The fourth-order valence-corrected chi connectivity index (χ4v) is 3.12. The molecular formula is C18H23N3O3S. The molecule has 0 aliphatic rings. The second kappa shape index (κ2) is 8.82. The highest BCUT2D eigenvalue weighted by molar-refractivity contribution is 7.99. The van der Waals surface area contributed by atoms with E-state index in [0.717, 1.165) is 16.8 Å². The van der Waals surface area contributed by atoms with Gasteiger partial charge in [-0.15, -0.1) is 0 Å². The second-order valence-corrected chi connectivity index (χ2v) is 6.97. The van der Waals surface area contributed by atoms with E-state index >= 15 is 0 Å². The Labute approximate surface area is 151 Å². The van der Waals surface area contributed by atoms with Crippen LogP contribution in [0.25, 0.3) is 0 Å². The van der Waals surface area contributed by atoms with Crippen LogP contribution in [0.5, 0.6) is 0 Å². The highest BCUT2D eigenvalue weighted by Gasteiger charge is 2.13. The Balaban J connectivity index is 2.06. The zero-order valence-corrected chi connectivity index (χ0v) is 15.7. The molecule has 0 fully saturated rings. The van der Waals surface area contributed by atoms with Crippen molar-refractivity contribution >= 4 is 23.4 Å². The van der Waals surface area contributed by atoms with E-state index in [1.165, 1.54) is 24.9 Å². The maximum absolute atomic E-state index is 12.3. The number of aromatic amines is 1. The van der Waals surface area contributed by atoms with Gasteiger partial charge in [0.15, 0.2) is 5.16 Å². The number of methoxy groups -OCH3 is 1. The van der Waals surface area contributed by atoms with Crippen molar-refractivity contribution in [1.29, 1.82) is 0 Å². The average molecular weight is 361 g/mol. The Bertz CT molecular complexity index is 802. The summed E-state index contributed by atoms with van der Waals surface area (Å²) >= 11 is 1.19. The Kier molecular flexibility index (Phi) is 6.78. The summed E-state index contributed by atoms with van der Waals surface area (Å²) in [5.74, 6) is 0.332.